The summed E-state index contributed by atoms with van der Waals surface area (Å²) in [5.74, 6) is -0.204. The normalized spacial score (nSPS) is 20.6. The van der Waals surface area contributed by atoms with Crippen molar-refractivity contribution in [3.05, 3.63) is 41.5 Å². The Kier molecular flexibility index (Phi) is 4.86. The average molecular weight is 344 g/mol. The van der Waals surface area contributed by atoms with Crippen LogP contribution in [0.3, 0.4) is 0 Å². The number of aromatic nitrogens is 3. The summed E-state index contributed by atoms with van der Waals surface area (Å²) in [5, 5.41) is 13.0. The minimum Gasteiger partial charge on any atom is -0.356 e. The van der Waals surface area contributed by atoms with Gasteiger partial charge in [-0.25, -0.2) is 4.39 Å². The minimum atomic E-state index is -0.888. The van der Waals surface area contributed by atoms with Crippen LogP contribution in [-0.2, 0) is 13.6 Å². The first kappa shape index (κ1) is 17.2. The molecule has 1 fully saturated rings. The van der Waals surface area contributed by atoms with E-state index in [4.69, 9.17) is 5.26 Å². The molecule has 2 atom stereocenters. The average Bonchev–Trinajstić information content (AvgIpc) is 3.28. The van der Waals surface area contributed by atoms with Crippen molar-refractivity contribution in [2.24, 2.45) is 7.05 Å². The van der Waals surface area contributed by atoms with Crippen LogP contribution in [0.1, 0.15) is 28.0 Å². The molecule has 0 radical (unpaired) electrons. The number of H-pyrrole nitrogens is 1. The van der Waals surface area contributed by atoms with Crippen LogP contribution in [0.4, 0.5) is 4.39 Å². The van der Waals surface area contributed by atoms with Crippen LogP contribution in [0.25, 0.3) is 0 Å². The number of likely N-dealkylation sites (N-methyl/N-ethyl adjacent to an activating group) is 1. The third kappa shape index (κ3) is 3.88. The van der Waals surface area contributed by atoms with Gasteiger partial charge in [0.25, 0.3) is 5.91 Å². The third-order valence-electron chi connectivity index (χ3n) is 4.49. The number of halogens is 1. The van der Waals surface area contributed by atoms with Gasteiger partial charge in [-0.15, -0.1) is 0 Å². The molecule has 1 aliphatic rings. The number of alkyl halides is 1. The first-order valence-electron chi connectivity index (χ1n) is 8.16. The van der Waals surface area contributed by atoms with Gasteiger partial charge in [0, 0.05) is 57.7 Å². The molecule has 2 aromatic rings. The summed E-state index contributed by atoms with van der Waals surface area (Å²) in [6.45, 7) is 1.41. The number of hydrogen-bond donors (Lipinski definition) is 1. The van der Waals surface area contributed by atoms with Crippen molar-refractivity contribution in [1.29, 1.82) is 5.26 Å². The van der Waals surface area contributed by atoms with Gasteiger partial charge in [-0.3, -0.25) is 14.4 Å². The number of hydrogen-bond acceptors (Lipinski definition) is 4. The molecule has 1 amide bonds. The molecule has 1 N–H and O–H groups in total. The summed E-state index contributed by atoms with van der Waals surface area (Å²) in [7, 11) is 3.55. The van der Waals surface area contributed by atoms with Crippen LogP contribution in [-0.4, -0.2) is 62.8 Å². The molecule has 25 heavy (non-hydrogen) atoms. The summed E-state index contributed by atoms with van der Waals surface area (Å²) in [6, 6.07) is 3.47. The molecule has 8 heteroatoms. The maximum Gasteiger partial charge on any atom is 0.270 e. The molecule has 7 nitrogen and oxygen atoms in total. The van der Waals surface area contributed by atoms with Gasteiger partial charge in [0.2, 0.25) is 0 Å². The van der Waals surface area contributed by atoms with Gasteiger partial charge in [0.05, 0.1) is 11.8 Å². The zero-order valence-corrected chi connectivity index (χ0v) is 14.3. The van der Waals surface area contributed by atoms with Crippen LogP contribution >= 0.6 is 0 Å². The number of aryl methyl sites for hydroxylation is 1. The maximum atomic E-state index is 13.9. The quantitative estimate of drug-likeness (QED) is 0.887. The molecule has 3 heterocycles. The highest BCUT2D eigenvalue weighted by atomic mass is 19.1. The summed E-state index contributed by atoms with van der Waals surface area (Å²) >= 11 is 0. The molecule has 2 aromatic heterocycles. The molecule has 132 valence electrons. The van der Waals surface area contributed by atoms with Crippen molar-refractivity contribution in [3.8, 4) is 6.07 Å². The Morgan fingerprint density at radius 3 is 3.04 bits per heavy atom. The Bertz CT molecular complexity index is 791. The fourth-order valence-corrected chi connectivity index (χ4v) is 3.28. The lowest BCUT2D eigenvalue weighted by molar-refractivity contribution is 0.0744. The summed E-state index contributed by atoms with van der Waals surface area (Å²) in [5.41, 5.74) is 1.81. The van der Waals surface area contributed by atoms with Crippen molar-refractivity contribution in [1.82, 2.24) is 24.6 Å². The van der Waals surface area contributed by atoms with Crippen LogP contribution in [0, 0.1) is 11.3 Å². The Balaban J connectivity index is 1.64. The number of carbonyl (C=O) groups excluding carboxylic acids is 1. The number of aromatic amines is 1. The maximum absolute atomic E-state index is 13.9. The molecule has 0 spiro atoms. The summed E-state index contributed by atoms with van der Waals surface area (Å²) < 4.78 is 15.7. The molecule has 0 aliphatic carbocycles. The second-order valence-corrected chi connectivity index (χ2v) is 6.54. The number of likely N-dealkylation sites (tertiary alicyclic amines) is 1. The lowest BCUT2D eigenvalue weighted by Crippen LogP contribution is -2.41. The fraction of sp³-hybridized carbons (Fsp3) is 0.471. The summed E-state index contributed by atoms with van der Waals surface area (Å²) in [4.78, 5) is 18.9. The highest BCUT2D eigenvalue weighted by molar-refractivity contribution is 5.92. The predicted octanol–water partition coefficient (Wildman–Crippen LogP) is 1.30. The molecule has 0 bridgehead atoms. The van der Waals surface area contributed by atoms with E-state index < -0.39 is 6.17 Å². The third-order valence-corrected chi connectivity index (χ3v) is 4.49. The van der Waals surface area contributed by atoms with Crippen LogP contribution < -0.4 is 0 Å². The lowest BCUT2D eigenvalue weighted by atomic mass is 10.2. The van der Waals surface area contributed by atoms with Crippen LogP contribution in [0.15, 0.2) is 24.7 Å². The van der Waals surface area contributed by atoms with E-state index >= 15 is 0 Å². The van der Waals surface area contributed by atoms with Crippen molar-refractivity contribution >= 4 is 5.91 Å². The Morgan fingerprint density at radius 1 is 1.60 bits per heavy atom. The largest absolute Gasteiger partial charge is 0.356 e. The van der Waals surface area contributed by atoms with Gasteiger partial charge >= 0.3 is 0 Å². The van der Waals surface area contributed by atoms with E-state index in [0.29, 0.717) is 37.3 Å². The zero-order valence-electron chi connectivity index (χ0n) is 14.3. The molecule has 3 rings (SSSR count). The van der Waals surface area contributed by atoms with E-state index in [1.54, 1.807) is 22.8 Å². The van der Waals surface area contributed by atoms with Crippen LogP contribution in [0.5, 0.6) is 0 Å². The molecular formula is C17H21FN6O. The molecular weight excluding hydrogens is 323 g/mol. The topological polar surface area (TPSA) is 80.9 Å². The Labute approximate surface area is 145 Å². The highest BCUT2D eigenvalue weighted by Gasteiger charge is 2.33. The van der Waals surface area contributed by atoms with Gasteiger partial charge in [-0.1, -0.05) is 0 Å². The van der Waals surface area contributed by atoms with Crippen molar-refractivity contribution in [2.45, 2.75) is 25.2 Å². The number of amides is 1. The van der Waals surface area contributed by atoms with Gasteiger partial charge in [-0.05, 0) is 12.5 Å². The highest BCUT2D eigenvalue weighted by Crippen LogP contribution is 2.23. The summed E-state index contributed by atoms with van der Waals surface area (Å²) in [6.07, 6.45) is 4.72. The van der Waals surface area contributed by atoms with Crippen molar-refractivity contribution < 1.29 is 9.18 Å². The molecule has 0 unspecified atom stereocenters. The first-order valence-corrected chi connectivity index (χ1v) is 8.16. The van der Waals surface area contributed by atoms with E-state index in [1.807, 2.05) is 19.3 Å². The van der Waals surface area contributed by atoms with E-state index in [-0.39, 0.29) is 11.9 Å². The van der Waals surface area contributed by atoms with Gasteiger partial charge < -0.3 is 9.88 Å². The minimum absolute atomic E-state index is 0.0467. The number of nitriles is 1. The van der Waals surface area contributed by atoms with E-state index in [1.165, 1.54) is 12.3 Å². The number of carbonyl (C=O) groups is 1. The zero-order chi connectivity index (χ0) is 18.0. The molecule has 1 saturated heterocycles. The van der Waals surface area contributed by atoms with E-state index in [2.05, 4.69) is 15.0 Å². The first-order chi connectivity index (χ1) is 12.0. The van der Waals surface area contributed by atoms with Gasteiger partial charge in [-0.2, -0.15) is 10.4 Å². The molecule has 0 saturated carbocycles. The second-order valence-electron chi connectivity index (χ2n) is 6.54. The Morgan fingerprint density at radius 2 is 2.40 bits per heavy atom. The SMILES string of the molecule is CN(C[C@@H]1C[C@H](F)CN1Cc1cnn(C)c1)C(=O)c1cc(C#N)c[nH]1. The van der Waals surface area contributed by atoms with Gasteiger partial charge in [0.15, 0.2) is 0 Å². The molecule has 1 aliphatic heterocycles. The van der Waals surface area contributed by atoms with E-state index in [0.717, 1.165) is 5.56 Å². The monoisotopic (exact) mass is 344 g/mol. The van der Waals surface area contributed by atoms with Gasteiger partial charge in [0.1, 0.15) is 17.9 Å². The Hall–Kier alpha value is -2.66. The van der Waals surface area contributed by atoms with Crippen LogP contribution in [0.2, 0.25) is 0 Å². The predicted molar refractivity (Wildman–Crippen MR) is 89.4 cm³/mol. The number of nitrogens with zero attached hydrogens (tertiary/aromatic N) is 5. The van der Waals surface area contributed by atoms with Crippen molar-refractivity contribution in [3.63, 3.8) is 0 Å². The van der Waals surface area contributed by atoms with E-state index in [9.17, 15) is 9.18 Å². The van der Waals surface area contributed by atoms with Crippen molar-refractivity contribution in [2.75, 3.05) is 20.1 Å². The fourth-order valence-electron chi connectivity index (χ4n) is 3.28. The number of nitrogens with one attached hydrogen (secondary N) is 1. The number of rotatable bonds is 5. The molecule has 0 aromatic carbocycles. The standard InChI is InChI=1S/C17H21FN6O/c1-22(17(25)16-3-12(5-19)6-20-16)11-15-4-14(18)10-24(15)9-13-7-21-23(2)8-13/h3,6-8,14-15,20H,4,9-11H2,1-2H3/t14-,15-/m0/s1. The lowest BCUT2D eigenvalue weighted by Gasteiger charge is -2.27. The second kappa shape index (κ2) is 7.07. The smallest absolute Gasteiger partial charge is 0.270 e.